The van der Waals surface area contributed by atoms with Gasteiger partial charge in [-0.2, -0.15) is 0 Å². The first-order valence-corrected chi connectivity index (χ1v) is 8.12. The third-order valence-electron chi connectivity index (χ3n) is 3.16. The molecule has 0 aromatic heterocycles. The first kappa shape index (κ1) is 15.7. The van der Waals surface area contributed by atoms with E-state index in [2.05, 4.69) is 50.2 Å². The molecule has 0 aliphatic heterocycles. The number of halogens is 3. The van der Waals surface area contributed by atoms with Gasteiger partial charge in [0.2, 0.25) is 0 Å². The van der Waals surface area contributed by atoms with E-state index in [0.29, 0.717) is 4.47 Å². The first-order valence-electron chi connectivity index (χ1n) is 6.53. The Bertz CT molecular complexity index is 586. The minimum atomic E-state index is -0.227. The molecule has 0 aliphatic rings. The summed E-state index contributed by atoms with van der Waals surface area (Å²) in [7, 11) is 0. The number of likely N-dealkylation sites (N-methyl/N-ethyl adjacent to an activating group) is 1. The van der Waals surface area contributed by atoms with Crippen molar-refractivity contribution in [1.82, 2.24) is 5.32 Å². The summed E-state index contributed by atoms with van der Waals surface area (Å²) in [5.41, 5.74) is 2.31. The second-order valence-electron chi connectivity index (χ2n) is 4.58. The van der Waals surface area contributed by atoms with Crippen LogP contribution in [0.15, 0.2) is 51.4 Å². The summed E-state index contributed by atoms with van der Waals surface area (Å²) >= 11 is 6.84. The minimum Gasteiger partial charge on any atom is -0.310 e. The van der Waals surface area contributed by atoms with Crippen LogP contribution in [-0.4, -0.2) is 6.54 Å². The number of rotatable bonds is 5. The molecule has 0 bridgehead atoms. The van der Waals surface area contributed by atoms with Crippen molar-refractivity contribution in [3.05, 3.63) is 68.4 Å². The molecule has 0 amide bonds. The van der Waals surface area contributed by atoms with Crippen LogP contribution in [0.3, 0.4) is 0 Å². The van der Waals surface area contributed by atoms with Crippen LogP contribution in [0.1, 0.15) is 24.1 Å². The highest BCUT2D eigenvalue weighted by molar-refractivity contribution is 9.10. The Morgan fingerprint density at radius 2 is 1.85 bits per heavy atom. The van der Waals surface area contributed by atoms with Crippen molar-refractivity contribution < 1.29 is 4.39 Å². The number of benzene rings is 2. The molecule has 1 N–H and O–H groups in total. The van der Waals surface area contributed by atoms with Crippen molar-refractivity contribution >= 4 is 31.9 Å². The summed E-state index contributed by atoms with van der Waals surface area (Å²) in [6.07, 6.45) is 0.815. The van der Waals surface area contributed by atoms with E-state index in [1.807, 2.05) is 30.3 Å². The zero-order valence-electron chi connectivity index (χ0n) is 11.2. The first-order chi connectivity index (χ1) is 9.61. The molecule has 2 aromatic rings. The zero-order chi connectivity index (χ0) is 14.5. The number of hydrogen-bond donors (Lipinski definition) is 1. The standard InChI is InChI=1S/C16H16Br2FN/c1-2-20-16(12-5-3-4-6-13(12)17)10-11-7-8-15(19)14(18)9-11/h3-9,16,20H,2,10H2,1H3. The lowest BCUT2D eigenvalue weighted by Crippen LogP contribution is -2.23. The van der Waals surface area contributed by atoms with Crippen molar-refractivity contribution in [1.29, 1.82) is 0 Å². The Kier molecular flexibility index (Phi) is 5.75. The Labute approximate surface area is 135 Å². The van der Waals surface area contributed by atoms with Crippen molar-refractivity contribution in [3.8, 4) is 0 Å². The van der Waals surface area contributed by atoms with Crippen molar-refractivity contribution in [3.63, 3.8) is 0 Å². The molecule has 2 rings (SSSR count). The highest BCUT2D eigenvalue weighted by Gasteiger charge is 2.14. The van der Waals surface area contributed by atoms with Crippen LogP contribution in [-0.2, 0) is 6.42 Å². The predicted molar refractivity (Wildman–Crippen MR) is 88.4 cm³/mol. The summed E-state index contributed by atoms with van der Waals surface area (Å²) in [5, 5.41) is 3.48. The molecule has 0 saturated carbocycles. The van der Waals surface area contributed by atoms with Crippen LogP contribution in [0.4, 0.5) is 4.39 Å². The molecular weight excluding hydrogens is 385 g/mol. The summed E-state index contributed by atoms with van der Waals surface area (Å²) < 4.78 is 14.9. The van der Waals surface area contributed by atoms with Gasteiger partial charge in [-0.3, -0.25) is 0 Å². The van der Waals surface area contributed by atoms with Gasteiger partial charge in [-0.05, 0) is 58.2 Å². The molecule has 106 valence electrons. The average Bonchev–Trinajstić information content (AvgIpc) is 2.43. The van der Waals surface area contributed by atoms with E-state index < -0.39 is 0 Å². The van der Waals surface area contributed by atoms with Crippen molar-refractivity contribution in [2.24, 2.45) is 0 Å². The molecule has 0 aliphatic carbocycles. The molecule has 1 nitrogen and oxygen atoms in total. The molecule has 1 atom stereocenters. The largest absolute Gasteiger partial charge is 0.310 e. The van der Waals surface area contributed by atoms with Gasteiger partial charge in [0, 0.05) is 10.5 Å². The quantitative estimate of drug-likeness (QED) is 0.723. The van der Waals surface area contributed by atoms with Gasteiger partial charge in [-0.15, -0.1) is 0 Å². The van der Waals surface area contributed by atoms with E-state index in [4.69, 9.17) is 0 Å². The number of nitrogens with one attached hydrogen (secondary N) is 1. The summed E-state index contributed by atoms with van der Waals surface area (Å²) in [4.78, 5) is 0. The highest BCUT2D eigenvalue weighted by atomic mass is 79.9. The zero-order valence-corrected chi connectivity index (χ0v) is 14.3. The van der Waals surface area contributed by atoms with E-state index in [1.165, 1.54) is 11.6 Å². The molecule has 0 saturated heterocycles. The van der Waals surface area contributed by atoms with Gasteiger partial charge in [0.1, 0.15) is 5.82 Å². The Hall–Kier alpha value is -0.710. The maximum Gasteiger partial charge on any atom is 0.137 e. The number of hydrogen-bond acceptors (Lipinski definition) is 1. The van der Waals surface area contributed by atoms with Crippen molar-refractivity contribution in [2.75, 3.05) is 6.54 Å². The third kappa shape index (κ3) is 3.90. The second kappa shape index (κ2) is 7.34. The fourth-order valence-electron chi connectivity index (χ4n) is 2.20. The highest BCUT2D eigenvalue weighted by Crippen LogP contribution is 2.27. The van der Waals surface area contributed by atoms with Gasteiger partial charge in [0.05, 0.1) is 4.47 Å². The Morgan fingerprint density at radius 3 is 2.50 bits per heavy atom. The second-order valence-corrected chi connectivity index (χ2v) is 6.29. The van der Waals surface area contributed by atoms with E-state index in [9.17, 15) is 4.39 Å². The summed E-state index contributed by atoms with van der Waals surface area (Å²) in [6.45, 7) is 2.97. The topological polar surface area (TPSA) is 12.0 Å². The molecule has 1 unspecified atom stereocenters. The molecular formula is C16H16Br2FN. The van der Waals surface area contributed by atoms with E-state index in [-0.39, 0.29) is 11.9 Å². The van der Waals surface area contributed by atoms with Crippen LogP contribution in [0, 0.1) is 5.82 Å². The lowest BCUT2D eigenvalue weighted by Gasteiger charge is -2.20. The van der Waals surface area contributed by atoms with Gasteiger partial charge < -0.3 is 5.32 Å². The molecule has 2 aromatic carbocycles. The monoisotopic (exact) mass is 399 g/mol. The van der Waals surface area contributed by atoms with E-state index in [1.54, 1.807) is 0 Å². The van der Waals surface area contributed by atoms with Crippen molar-refractivity contribution in [2.45, 2.75) is 19.4 Å². The Morgan fingerprint density at radius 1 is 1.10 bits per heavy atom. The molecule has 0 radical (unpaired) electrons. The van der Waals surface area contributed by atoms with E-state index in [0.717, 1.165) is 23.0 Å². The third-order valence-corrected chi connectivity index (χ3v) is 4.48. The summed E-state index contributed by atoms with van der Waals surface area (Å²) in [6, 6.07) is 13.6. The van der Waals surface area contributed by atoms with Gasteiger partial charge in [-0.1, -0.05) is 47.1 Å². The average molecular weight is 401 g/mol. The molecule has 4 heteroatoms. The van der Waals surface area contributed by atoms with Gasteiger partial charge in [-0.25, -0.2) is 4.39 Å². The molecule has 0 fully saturated rings. The summed E-state index contributed by atoms with van der Waals surface area (Å²) in [5.74, 6) is -0.227. The fraction of sp³-hybridized carbons (Fsp3) is 0.250. The SMILES string of the molecule is CCNC(Cc1ccc(F)c(Br)c1)c1ccccc1Br. The van der Waals surface area contributed by atoms with Gasteiger partial charge >= 0.3 is 0 Å². The van der Waals surface area contributed by atoms with Crippen LogP contribution in [0.5, 0.6) is 0 Å². The molecule has 20 heavy (non-hydrogen) atoms. The lowest BCUT2D eigenvalue weighted by atomic mass is 9.99. The fourth-order valence-corrected chi connectivity index (χ4v) is 3.19. The maximum absolute atomic E-state index is 13.3. The van der Waals surface area contributed by atoms with Gasteiger partial charge in [0.25, 0.3) is 0 Å². The van der Waals surface area contributed by atoms with Crippen LogP contribution < -0.4 is 5.32 Å². The van der Waals surface area contributed by atoms with Crippen LogP contribution in [0.25, 0.3) is 0 Å². The van der Waals surface area contributed by atoms with Crippen LogP contribution >= 0.6 is 31.9 Å². The van der Waals surface area contributed by atoms with Crippen LogP contribution in [0.2, 0.25) is 0 Å². The lowest BCUT2D eigenvalue weighted by molar-refractivity contribution is 0.546. The van der Waals surface area contributed by atoms with Gasteiger partial charge in [0.15, 0.2) is 0 Å². The smallest absolute Gasteiger partial charge is 0.137 e. The predicted octanol–water partition coefficient (Wildman–Crippen LogP) is 5.24. The maximum atomic E-state index is 13.3. The normalized spacial score (nSPS) is 12.4. The minimum absolute atomic E-state index is 0.202. The molecule has 0 spiro atoms. The molecule has 0 heterocycles. The van der Waals surface area contributed by atoms with E-state index >= 15 is 0 Å². The Balaban J connectivity index is 2.25.